The molecule has 0 spiro atoms. The van der Waals surface area contributed by atoms with Crippen molar-refractivity contribution in [3.8, 4) is 0 Å². The van der Waals surface area contributed by atoms with Crippen LogP contribution in [0, 0.1) is 0 Å². The molecule has 100 valence electrons. The number of halogens is 2. The lowest BCUT2D eigenvalue weighted by atomic mass is 10.0. The number of rotatable bonds is 2. The molecule has 0 aliphatic carbocycles. The molecule has 6 heteroatoms. The molecule has 2 atom stereocenters. The number of hydrogen-bond acceptors (Lipinski definition) is 3. The lowest BCUT2D eigenvalue weighted by molar-refractivity contribution is 0.164. The lowest BCUT2D eigenvalue weighted by Crippen LogP contribution is -2.33. The van der Waals surface area contributed by atoms with E-state index in [1.54, 1.807) is 12.1 Å². The van der Waals surface area contributed by atoms with Crippen LogP contribution in [0.15, 0.2) is 18.2 Å². The Hall–Kier alpha value is -0.290. The Morgan fingerprint density at radius 1 is 1.28 bits per heavy atom. The predicted molar refractivity (Wildman–Crippen MR) is 72.8 cm³/mol. The van der Waals surface area contributed by atoms with E-state index in [1.165, 1.54) is 6.07 Å². The van der Waals surface area contributed by atoms with E-state index in [1.807, 2.05) is 0 Å². The second-order valence-corrected chi connectivity index (χ2v) is 7.69. The largest absolute Gasteiger partial charge is 0.387 e. The maximum atomic E-state index is 11.9. The number of hydrogen-bond donors (Lipinski definition) is 1. The Balaban J connectivity index is 2.33. The molecule has 0 aromatic heterocycles. The fourth-order valence-electron chi connectivity index (χ4n) is 2.28. The van der Waals surface area contributed by atoms with Gasteiger partial charge in [0, 0.05) is 15.6 Å². The second kappa shape index (κ2) is 5.37. The van der Waals surface area contributed by atoms with Gasteiger partial charge in [-0.1, -0.05) is 35.7 Å². The summed E-state index contributed by atoms with van der Waals surface area (Å²) in [6.07, 6.45) is 0.870. The number of aliphatic hydroxyl groups excluding tert-OH is 1. The minimum Gasteiger partial charge on any atom is -0.387 e. The molecular formula is C12H14Cl2O3S. The first-order valence-electron chi connectivity index (χ1n) is 5.76. The van der Waals surface area contributed by atoms with Gasteiger partial charge in [0.15, 0.2) is 9.84 Å². The Labute approximate surface area is 117 Å². The van der Waals surface area contributed by atoms with Gasteiger partial charge in [0.1, 0.15) is 0 Å². The van der Waals surface area contributed by atoms with Crippen LogP contribution in [0.4, 0.5) is 0 Å². The van der Waals surface area contributed by atoms with E-state index in [0.29, 0.717) is 28.5 Å². The van der Waals surface area contributed by atoms with E-state index in [9.17, 15) is 13.5 Å². The third-order valence-corrected chi connectivity index (χ3v) is 6.10. The quantitative estimate of drug-likeness (QED) is 0.913. The van der Waals surface area contributed by atoms with E-state index < -0.39 is 21.2 Å². The third kappa shape index (κ3) is 2.82. The van der Waals surface area contributed by atoms with Gasteiger partial charge >= 0.3 is 0 Å². The summed E-state index contributed by atoms with van der Waals surface area (Å²) in [6.45, 7) is 0. The summed E-state index contributed by atoms with van der Waals surface area (Å²) in [5.41, 5.74) is 0.427. The summed E-state index contributed by atoms with van der Waals surface area (Å²) in [5, 5.41) is 10.2. The molecule has 0 radical (unpaired) electrons. The molecule has 2 rings (SSSR count). The van der Waals surface area contributed by atoms with Crippen molar-refractivity contribution in [3.63, 3.8) is 0 Å². The van der Waals surface area contributed by atoms with Crippen LogP contribution >= 0.6 is 23.2 Å². The third-order valence-electron chi connectivity index (χ3n) is 3.26. The normalized spacial score (nSPS) is 24.7. The van der Waals surface area contributed by atoms with Crippen LogP contribution in [0.2, 0.25) is 10.0 Å². The van der Waals surface area contributed by atoms with Crippen LogP contribution in [0.3, 0.4) is 0 Å². The average molecular weight is 309 g/mol. The van der Waals surface area contributed by atoms with Crippen LogP contribution in [0.5, 0.6) is 0 Å². The Bertz CT molecular complexity index is 542. The predicted octanol–water partition coefficient (Wildman–Crippen LogP) is 2.99. The Kier molecular flexibility index (Phi) is 4.22. The van der Waals surface area contributed by atoms with Gasteiger partial charge in [0.05, 0.1) is 17.1 Å². The highest BCUT2D eigenvalue weighted by atomic mass is 35.5. The van der Waals surface area contributed by atoms with Crippen LogP contribution in [-0.4, -0.2) is 24.5 Å². The van der Waals surface area contributed by atoms with Gasteiger partial charge < -0.3 is 5.11 Å². The first-order chi connectivity index (χ1) is 8.42. The first-order valence-corrected chi connectivity index (χ1v) is 8.23. The topological polar surface area (TPSA) is 54.4 Å². The Morgan fingerprint density at radius 3 is 2.61 bits per heavy atom. The van der Waals surface area contributed by atoms with Crippen molar-refractivity contribution >= 4 is 33.0 Å². The molecule has 1 aliphatic rings. The molecule has 1 fully saturated rings. The molecule has 1 saturated heterocycles. The fourth-order valence-corrected chi connectivity index (χ4v) is 4.77. The van der Waals surface area contributed by atoms with Crippen LogP contribution in [-0.2, 0) is 9.84 Å². The van der Waals surface area contributed by atoms with Gasteiger partial charge in [-0.2, -0.15) is 0 Å². The molecule has 0 amide bonds. The zero-order valence-corrected chi connectivity index (χ0v) is 12.0. The van der Waals surface area contributed by atoms with Gasteiger partial charge in [-0.3, -0.25) is 0 Å². The molecular weight excluding hydrogens is 295 g/mol. The molecule has 0 saturated carbocycles. The van der Waals surface area contributed by atoms with E-state index in [-0.39, 0.29) is 5.75 Å². The highest BCUT2D eigenvalue weighted by Gasteiger charge is 2.36. The second-order valence-electron chi connectivity index (χ2n) is 4.51. The average Bonchev–Trinajstić information content (AvgIpc) is 2.27. The zero-order chi connectivity index (χ0) is 13.3. The van der Waals surface area contributed by atoms with Crippen molar-refractivity contribution in [1.29, 1.82) is 0 Å². The van der Waals surface area contributed by atoms with Crippen molar-refractivity contribution in [3.05, 3.63) is 33.8 Å². The summed E-state index contributed by atoms with van der Waals surface area (Å²) in [4.78, 5) is 0. The maximum Gasteiger partial charge on any atom is 0.156 e. The summed E-state index contributed by atoms with van der Waals surface area (Å²) in [7, 11) is -3.24. The van der Waals surface area contributed by atoms with E-state index >= 15 is 0 Å². The lowest BCUT2D eigenvalue weighted by Gasteiger charge is -2.27. The Morgan fingerprint density at radius 2 is 2.00 bits per heavy atom. The minimum absolute atomic E-state index is 0.139. The highest BCUT2D eigenvalue weighted by molar-refractivity contribution is 7.92. The SMILES string of the molecule is O=S1(=O)CCCCC1C(O)c1ccc(Cl)cc1Cl. The van der Waals surface area contributed by atoms with E-state index in [0.717, 1.165) is 6.42 Å². The summed E-state index contributed by atoms with van der Waals surface area (Å²) in [5.74, 6) is 0.139. The molecule has 2 unspecified atom stereocenters. The van der Waals surface area contributed by atoms with Gasteiger partial charge in [-0.05, 0) is 25.0 Å². The molecule has 1 N–H and O–H groups in total. The highest BCUT2D eigenvalue weighted by Crippen LogP contribution is 2.34. The molecule has 0 bridgehead atoms. The van der Waals surface area contributed by atoms with Gasteiger partial charge in [0.2, 0.25) is 0 Å². The van der Waals surface area contributed by atoms with Gasteiger partial charge in [0.25, 0.3) is 0 Å². The summed E-state index contributed by atoms with van der Waals surface area (Å²) < 4.78 is 23.9. The summed E-state index contributed by atoms with van der Waals surface area (Å²) in [6, 6.07) is 4.69. The zero-order valence-electron chi connectivity index (χ0n) is 9.64. The smallest absolute Gasteiger partial charge is 0.156 e. The van der Waals surface area contributed by atoms with Crippen molar-refractivity contribution in [1.82, 2.24) is 0 Å². The van der Waals surface area contributed by atoms with Crippen LogP contribution in [0.25, 0.3) is 0 Å². The van der Waals surface area contributed by atoms with Crippen molar-refractivity contribution in [2.75, 3.05) is 5.75 Å². The number of sulfone groups is 1. The van der Waals surface area contributed by atoms with Crippen molar-refractivity contribution < 1.29 is 13.5 Å². The van der Waals surface area contributed by atoms with Crippen LogP contribution in [0.1, 0.15) is 30.9 Å². The number of benzene rings is 1. The van der Waals surface area contributed by atoms with Gasteiger partial charge in [-0.15, -0.1) is 0 Å². The maximum absolute atomic E-state index is 11.9. The fraction of sp³-hybridized carbons (Fsp3) is 0.500. The number of aliphatic hydroxyl groups is 1. The molecule has 1 aromatic rings. The molecule has 1 aliphatic heterocycles. The summed E-state index contributed by atoms with van der Waals surface area (Å²) >= 11 is 11.8. The standard InChI is InChI=1S/C12H14Cl2O3S/c13-8-4-5-9(10(14)7-8)12(15)11-3-1-2-6-18(11,16)17/h4-5,7,11-12,15H,1-3,6H2. The van der Waals surface area contributed by atoms with Gasteiger partial charge in [-0.25, -0.2) is 8.42 Å². The molecule has 3 nitrogen and oxygen atoms in total. The molecule has 1 aromatic carbocycles. The van der Waals surface area contributed by atoms with Crippen molar-refractivity contribution in [2.24, 2.45) is 0 Å². The first kappa shape index (κ1) is 14.1. The van der Waals surface area contributed by atoms with Crippen LogP contribution < -0.4 is 0 Å². The van der Waals surface area contributed by atoms with E-state index in [2.05, 4.69) is 0 Å². The van der Waals surface area contributed by atoms with Crippen molar-refractivity contribution in [2.45, 2.75) is 30.6 Å². The minimum atomic E-state index is -3.24. The monoisotopic (exact) mass is 308 g/mol. The van der Waals surface area contributed by atoms with E-state index in [4.69, 9.17) is 23.2 Å². The molecule has 18 heavy (non-hydrogen) atoms. The molecule has 1 heterocycles.